The molecule has 0 fully saturated rings. The lowest BCUT2D eigenvalue weighted by atomic mass is 10.0. The molecule has 2 nitrogen and oxygen atoms in total. The number of nitrogens with two attached hydrogens (primary N) is 1. The van der Waals surface area contributed by atoms with Crippen LogP contribution in [-0.2, 0) is 13.0 Å². The highest BCUT2D eigenvalue weighted by atomic mass is 79.9. The fourth-order valence-corrected chi connectivity index (χ4v) is 3.00. The molecule has 2 N–H and O–H groups in total. The van der Waals surface area contributed by atoms with Gasteiger partial charge >= 0.3 is 0 Å². The van der Waals surface area contributed by atoms with Crippen molar-refractivity contribution in [3.8, 4) is 0 Å². The summed E-state index contributed by atoms with van der Waals surface area (Å²) in [6, 6.07) is 19.5. The summed E-state index contributed by atoms with van der Waals surface area (Å²) in [4.78, 5) is 2.35. The molecule has 0 aliphatic heterocycles. The molecular formula is C18H23BrN2. The third-order valence-electron chi connectivity index (χ3n) is 3.83. The Bertz CT molecular complexity index is 542. The number of nitrogens with zero attached hydrogens (tertiary/aromatic N) is 1. The maximum Gasteiger partial charge on any atom is 0.0234 e. The zero-order valence-electron chi connectivity index (χ0n) is 12.5. The Morgan fingerprint density at radius 1 is 1.05 bits per heavy atom. The van der Waals surface area contributed by atoms with Crippen LogP contribution < -0.4 is 5.73 Å². The first-order valence-electron chi connectivity index (χ1n) is 7.37. The summed E-state index contributed by atoms with van der Waals surface area (Å²) in [5, 5.41) is 0. The van der Waals surface area contributed by atoms with E-state index in [2.05, 4.69) is 82.5 Å². The van der Waals surface area contributed by atoms with Crippen LogP contribution in [0.3, 0.4) is 0 Å². The van der Waals surface area contributed by atoms with Crippen molar-refractivity contribution in [2.45, 2.75) is 25.4 Å². The van der Waals surface area contributed by atoms with Gasteiger partial charge in [-0.2, -0.15) is 0 Å². The minimum atomic E-state index is 0.407. The number of halogens is 1. The van der Waals surface area contributed by atoms with Crippen LogP contribution in [0.25, 0.3) is 0 Å². The van der Waals surface area contributed by atoms with E-state index in [9.17, 15) is 0 Å². The maximum absolute atomic E-state index is 5.97. The first-order chi connectivity index (χ1) is 10.2. The molecule has 0 bridgehead atoms. The number of benzene rings is 2. The van der Waals surface area contributed by atoms with E-state index >= 15 is 0 Å². The maximum atomic E-state index is 5.97. The zero-order valence-corrected chi connectivity index (χ0v) is 14.1. The van der Waals surface area contributed by atoms with E-state index in [1.165, 1.54) is 11.1 Å². The predicted molar refractivity (Wildman–Crippen MR) is 93.2 cm³/mol. The van der Waals surface area contributed by atoms with Crippen LogP contribution in [0.1, 0.15) is 17.5 Å². The molecule has 0 aromatic heterocycles. The second kappa shape index (κ2) is 8.32. The Labute approximate surface area is 136 Å². The third-order valence-corrected chi connectivity index (χ3v) is 4.32. The lowest BCUT2D eigenvalue weighted by Crippen LogP contribution is -2.37. The van der Waals surface area contributed by atoms with E-state index in [0.717, 1.165) is 23.9 Å². The van der Waals surface area contributed by atoms with E-state index in [4.69, 9.17) is 5.73 Å². The number of rotatable bonds is 7. The van der Waals surface area contributed by atoms with Gasteiger partial charge in [-0.1, -0.05) is 58.4 Å². The summed E-state index contributed by atoms with van der Waals surface area (Å²) in [6.07, 6.45) is 2.16. The molecule has 0 amide bonds. The topological polar surface area (TPSA) is 29.3 Å². The first-order valence-corrected chi connectivity index (χ1v) is 8.17. The molecule has 2 rings (SSSR count). The van der Waals surface area contributed by atoms with Crippen LogP contribution in [0.4, 0.5) is 0 Å². The van der Waals surface area contributed by atoms with Gasteiger partial charge in [0.1, 0.15) is 0 Å². The first kappa shape index (κ1) is 16.2. The van der Waals surface area contributed by atoms with Gasteiger partial charge in [0.25, 0.3) is 0 Å². The Morgan fingerprint density at radius 2 is 1.76 bits per heavy atom. The monoisotopic (exact) mass is 346 g/mol. The van der Waals surface area contributed by atoms with Gasteiger partial charge in [0.15, 0.2) is 0 Å². The minimum Gasteiger partial charge on any atom is -0.329 e. The van der Waals surface area contributed by atoms with Gasteiger partial charge in [-0.3, -0.25) is 4.90 Å². The van der Waals surface area contributed by atoms with Gasteiger partial charge in [-0.25, -0.2) is 0 Å². The standard InChI is InChI=1S/C18H23BrN2/c1-21(14-16-8-5-9-17(19)12-16)18(13-20)11-10-15-6-3-2-4-7-15/h2-9,12,18H,10-11,13-14,20H2,1H3. The van der Waals surface area contributed by atoms with E-state index < -0.39 is 0 Å². The molecule has 3 heteroatoms. The van der Waals surface area contributed by atoms with Crippen LogP contribution in [0.15, 0.2) is 59.1 Å². The van der Waals surface area contributed by atoms with Crippen molar-refractivity contribution in [3.05, 3.63) is 70.2 Å². The van der Waals surface area contributed by atoms with Gasteiger partial charge < -0.3 is 5.73 Å². The largest absolute Gasteiger partial charge is 0.329 e. The van der Waals surface area contributed by atoms with Crippen molar-refractivity contribution < 1.29 is 0 Å². The van der Waals surface area contributed by atoms with E-state index in [-0.39, 0.29) is 0 Å². The van der Waals surface area contributed by atoms with Gasteiger partial charge in [0, 0.05) is 23.6 Å². The van der Waals surface area contributed by atoms with Gasteiger partial charge in [0.2, 0.25) is 0 Å². The molecule has 0 aliphatic rings. The van der Waals surface area contributed by atoms with Crippen LogP contribution in [0.2, 0.25) is 0 Å². The Balaban J connectivity index is 1.90. The molecule has 2 aromatic rings. The number of aryl methyl sites for hydroxylation is 1. The van der Waals surface area contributed by atoms with Crippen molar-refractivity contribution in [1.29, 1.82) is 0 Å². The lowest BCUT2D eigenvalue weighted by molar-refractivity contribution is 0.227. The molecular weight excluding hydrogens is 324 g/mol. The van der Waals surface area contributed by atoms with E-state index in [0.29, 0.717) is 12.6 Å². The normalized spacial score (nSPS) is 12.6. The van der Waals surface area contributed by atoms with Crippen LogP contribution in [0, 0.1) is 0 Å². The summed E-state index contributed by atoms with van der Waals surface area (Å²) in [5.41, 5.74) is 8.66. The number of hydrogen-bond donors (Lipinski definition) is 1. The van der Waals surface area contributed by atoms with Crippen molar-refractivity contribution in [2.75, 3.05) is 13.6 Å². The summed E-state index contributed by atoms with van der Waals surface area (Å²) >= 11 is 3.52. The Hall–Kier alpha value is -1.16. The van der Waals surface area contributed by atoms with Crippen molar-refractivity contribution in [2.24, 2.45) is 5.73 Å². The van der Waals surface area contributed by atoms with Gasteiger partial charge in [-0.15, -0.1) is 0 Å². The average molecular weight is 347 g/mol. The molecule has 0 saturated heterocycles. The highest BCUT2D eigenvalue weighted by molar-refractivity contribution is 9.10. The second-order valence-corrected chi connectivity index (χ2v) is 6.37. The minimum absolute atomic E-state index is 0.407. The quantitative estimate of drug-likeness (QED) is 0.825. The molecule has 1 unspecified atom stereocenters. The zero-order chi connectivity index (χ0) is 15.1. The molecule has 112 valence electrons. The van der Waals surface area contributed by atoms with Crippen LogP contribution in [0.5, 0.6) is 0 Å². The Morgan fingerprint density at radius 3 is 2.43 bits per heavy atom. The molecule has 0 spiro atoms. The van der Waals surface area contributed by atoms with Crippen molar-refractivity contribution >= 4 is 15.9 Å². The molecule has 21 heavy (non-hydrogen) atoms. The summed E-state index contributed by atoms with van der Waals surface area (Å²) in [6.45, 7) is 1.62. The molecule has 1 atom stereocenters. The Kier molecular flexibility index (Phi) is 6.43. The number of likely N-dealkylation sites (N-methyl/N-ethyl adjacent to an activating group) is 1. The average Bonchev–Trinajstić information content (AvgIpc) is 2.49. The highest BCUT2D eigenvalue weighted by Gasteiger charge is 2.13. The van der Waals surface area contributed by atoms with Gasteiger partial charge in [0.05, 0.1) is 0 Å². The third kappa shape index (κ3) is 5.27. The summed E-state index contributed by atoms with van der Waals surface area (Å²) in [5.74, 6) is 0. The molecule has 0 heterocycles. The lowest BCUT2D eigenvalue weighted by Gasteiger charge is -2.27. The summed E-state index contributed by atoms with van der Waals surface area (Å²) < 4.78 is 1.13. The summed E-state index contributed by atoms with van der Waals surface area (Å²) in [7, 11) is 2.16. The molecule has 0 saturated carbocycles. The SMILES string of the molecule is CN(Cc1cccc(Br)c1)C(CN)CCc1ccccc1. The van der Waals surface area contributed by atoms with Crippen molar-refractivity contribution in [3.63, 3.8) is 0 Å². The van der Waals surface area contributed by atoms with Crippen LogP contribution in [-0.4, -0.2) is 24.5 Å². The molecule has 0 radical (unpaired) electrons. The second-order valence-electron chi connectivity index (χ2n) is 5.46. The predicted octanol–water partition coefficient (Wildman–Crippen LogP) is 3.84. The number of hydrogen-bond acceptors (Lipinski definition) is 2. The molecule has 2 aromatic carbocycles. The fourth-order valence-electron chi connectivity index (χ4n) is 2.55. The fraction of sp³-hybridized carbons (Fsp3) is 0.333. The molecule has 0 aliphatic carbocycles. The van der Waals surface area contributed by atoms with Crippen LogP contribution >= 0.6 is 15.9 Å². The van der Waals surface area contributed by atoms with Crippen molar-refractivity contribution in [1.82, 2.24) is 4.90 Å². The smallest absolute Gasteiger partial charge is 0.0234 e. The van der Waals surface area contributed by atoms with E-state index in [1.54, 1.807) is 0 Å². The van der Waals surface area contributed by atoms with E-state index in [1.807, 2.05) is 0 Å². The van der Waals surface area contributed by atoms with Gasteiger partial charge in [-0.05, 0) is 43.1 Å². The highest BCUT2D eigenvalue weighted by Crippen LogP contribution is 2.15.